The Morgan fingerprint density at radius 3 is 2.30 bits per heavy atom. The van der Waals surface area contributed by atoms with Gasteiger partial charge in [0.1, 0.15) is 11.9 Å². The topological polar surface area (TPSA) is 33.1 Å². The van der Waals surface area contributed by atoms with Gasteiger partial charge in [0.25, 0.3) is 0 Å². The van der Waals surface area contributed by atoms with Gasteiger partial charge in [-0.15, -0.1) is 0 Å². The third kappa shape index (κ3) is 4.84. The van der Waals surface area contributed by atoms with E-state index in [1.165, 1.54) is 19.2 Å². The van der Waals surface area contributed by atoms with E-state index in [0.29, 0.717) is 0 Å². The normalized spacial score (nSPS) is 13.3. The maximum Gasteiger partial charge on any atom is 0.407 e. The third-order valence-corrected chi connectivity index (χ3v) is 5.52. The lowest BCUT2D eigenvalue weighted by Gasteiger charge is -2.20. The van der Waals surface area contributed by atoms with Crippen molar-refractivity contribution in [3.05, 3.63) is 54.1 Å². The number of aryl methyl sites for hydroxylation is 1. The zero-order valence-electron chi connectivity index (χ0n) is 17.7. The van der Waals surface area contributed by atoms with Crippen molar-refractivity contribution in [2.24, 2.45) is 0 Å². The molecule has 0 radical (unpaired) electrons. The van der Waals surface area contributed by atoms with Crippen LogP contribution < -0.4 is 5.32 Å². The summed E-state index contributed by atoms with van der Waals surface area (Å²) in [5.41, 5.74) is 2.94. The molecular formula is C23H29F3N4. The first-order valence-corrected chi connectivity index (χ1v) is 10.4. The smallest absolute Gasteiger partial charge is 0.324 e. The molecule has 0 spiro atoms. The molecule has 0 aliphatic rings. The summed E-state index contributed by atoms with van der Waals surface area (Å²) in [7, 11) is 1.32. The third-order valence-electron chi connectivity index (χ3n) is 5.52. The number of halogens is 3. The number of imidazole rings is 1. The second kappa shape index (κ2) is 9.62. The molecule has 162 valence electrons. The van der Waals surface area contributed by atoms with E-state index in [-0.39, 0.29) is 5.56 Å². The van der Waals surface area contributed by atoms with Gasteiger partial charge < -0.3 is 14.8 Å². The molecular weight excluding hydrogens is 389 g/mol. The maximum absolute atomic E-state index is 13.2. The van der Waals surface area contributed by atoms with E-state index in [0.717, 1.165) is 55.0 Å². The predicted molar refractivity (Wildman–Crippen MR) is 115 cm³/mol. The summed E-state index contributed by atoms with van der Waals surface area (Å²) < 4.78 is 41.8. The predicted octanol–water partition coefficient (Wildman–Crippen LogP) is 5.26. The Kier molecular flexibility index (Phi) is 7.15. The molecule has 2 aromatic carbocycles. The Labute approximate surface area is 175 Å². The highest BCUT2D eigenvalue weighted by molar-refractivity contribution is 5.80. The molecule has 4 nitrogen and oxygen atoms in total. The number of benzene rings is 2. The Morgan fingerprint density at radius 2 is 1.70 bits per heavy atom. The highest BCUT2D eigenvalue weighted by Crippen LogP contribution is 2.33. The number of fused-ring (bicyclic) bond motifs is 1. The van der Waals surface area contributed by atoms with Gasteiger partial charge in [0.2, 0.25) is 0 Å². The van der Waals surface area contributed by atoms with Crippen molar-refractivity contribution < 1.29 is 13.2 Å². The van der Waals surface area contributed by atoms with Crippen LogP contribution in [0.1, 0.15) is 31.9 Å². The molecule has 1 aromatic heterocycles. The van der Waals surface area contributed by atoms with Gasteiger partial charge in [-0.05, 0) is 50.8 Å². The number of nitrogens with zero attached hydrogens (tertiary/aromatic N) is 3. The Balaban J connectivity index is 1.91. The fourth-order valence-electron chi connectivity index (χ4n) is 3.86. The van der Waals surface area contributed by atoms with Crippen molar-refractivity contribution in [3.63, 3.8) is 0 Å². The molecule has 0 saturated heterocycles. The fraction of sp³-hybridized carbons (Fsp3) is 0.435. The van der Waals surface area contributed by atoms with Crippen LogP contribution in [0.3, 0.4) is 0 Å². The van der Waals surface area contributed by atoms with Crippen LogP contribution in [0.5, 0.6) is 0 Å². The van der Waals surface area contributed by atoms with E-state index >= 15 is 0 Å². The summed E-state index contributed by atoms with van der Waals surface area (Å²) >= 11 is 0. The molecule has 0 aliphatic heterocycles. The number of para-hydroxylation sites is 2. The van der Waals surface area contributed by atoms with Gasteiger partial charge in [-0.1, -0.05) is 50.2 Å². The van der Waals surface area contributed by atoms with Crippen LogP contribution in [0.4, 0.5) is 13.2 Å². The summed E-state index contributed by atoms with van der Waals surface area (Å²) in [6.07, 6.45) is -3.36. The van der Waals surface area contributed by atoms with Crippen LogP contribution in [-0.4, -0.2) is 47.3 Å². The summed E-state index contributed by atoms with van der Waals surface area (Å²) in [4.78, 5) is 7.15. The minimum absolute atomic E-state index is 0.193. The zero-order chi connectivity index (χ0) is 21.7. The number of hydrogen-bond acceptors (Lipinski definition) is 3. The number of hydrogen-bond donors (Lipinski definition) is 1. The van der Waals surface area contributed by atoms with Crippen molar-refractivity contribution in [2.45, 2.75) is 39.0 Å². The summed E-state index contributed by atoms with van der Waals surface area (Å²) in [5, 5.41) is 2.35. The van der Waals surface area contributed by atoms with E-state index in [2.05, 4.69) is 28.6 Å². The van der Waals surface area contributed by atoms with Crippen LogP contribution in [0.25, 0.3) is 22.4 Å². The number of aromatic nitrogens is 2. The van der Waals surface area contributed by atoms with Gasteiger partial charge in [-0.2, -0.15) is 13.2 Å². The summed E-state index contributed by atoms with van der Waals surface area (Å²) in [6, 6.07) is 12.8. The Bertz CT molecular complexity index is 943. The van der Waals surface area contributed by atoms with E-state index < -0.39 is 12.2 Å². The van der Waals surface area contributed by atoms with Crippen LogP contribution in [0, 0.1) is 0 Å². The molecule has 7 heteroatoms. The largest absolute Gasteiger partial charge is 0.407 e. The van der Waals surface area contributed by atoms with Crippen LogP contribution >= 0.6 is 0 Å². The summed E-state index contributed by atoms with van der Waals surface area (Å²) in [5.74, 6) is 0.787. The van der Waals surface area contributed by atoms with Gasteiger partial charge in [-0.25, -0.2) is 4.98 Å². The zero-order valence-corrected chi connectivity index (χ0v) is 17.7. The lowest BCUT2D eigenvalue weighted by atomic mass is 10.0. The second-order valence-corrected chi connectivity index (χ2v) is 7.34. The van der Waals surface area contributed by atoms with Gasteiger partial charge in [0.05, 0.1) is 11.0 Å². The first kappa shape index (κ1) is 22.3. The van der Waals surface area contributed by atoms with Crippen molar-refractivity contribution in [1.82, 2.24) is 19.8 Å². The average Bonchev–Trinajstić information content (AvgIpc) is 3.10. The van der Waals surface area contributed by atoms with Crippen molar-refractivity contribution in [2.75, 3.05) is 26.7 Å². The van der Waals surface area contributed by atoms with Crippen molar-refractivity contribution >= 4 is 11.0 Å². The highest BCUT2D eigenvalue weighted by Gasteiger charge is 2.39. The van der Waals surface area contributed by atoms with Gasteiger partial charge in [0, 0.05) is 12.1 Å². The second-order valence-electron chi connectivity index (χ2n) is 7.34. The van der Waals surface area contributed by atoms with Crippen molar-refractivity contribution in [3.8, 4) is 11.4 Å². The first-order chi connectivity index (χ1) is 14.4. The Hall–Kier alpha value is -2.38. The van der Waals surface area contributed by atoms with E-state index in [1.807, 2.05) is 24.3 Å². The highest BCUT2D eigenvalue weighted by atomic mass is 19.4. The molecule has 1 unspecified atom stereocenters. The quantitative estimate of drug-likeness (QED) is 0.515. The molecule has 0 fully saturated rings. The van der Waals surface area contributed by atoms with E-state index in [9.17, 15) is 13.2 Å². The number of alkyl halides is 3. The molecule has 30 heavy (non-hydrogen) atoms. The Morgan fingerprint density at radius 1 is 1.03 bits per heavy atom. The molecule has 1 atom stereocenters. The molecule has 0 amide bonds. The monoisotopic (exact) mass is 418 g/mol. The van der Waals surface area contributed by atoms with E-state index in [1.54, 1.807) is 12.1 Å². The molecule has 0 saturated carbocycles. The fourth-order valence-corrected chi connectivity index (χ4v) is 3.86. The standard InChI is InChI=1S/C23H29F3N4/c1-4-29(5-2)15-8-16-30-20-10-7-6-9-19(20)28-22(30)18-13-11-17(12-14-18)21(27-3)23(24,25)26/h6-7,9-14,21,27H,4-5,8,15-16H2,1-3H3. The van der Waals surface area contributed by atoms with Crippen LogP contribution in [-0.2, 0) is 6.54 Å². The minimum Gasteiger partial charge on any atom is -0.324 e. The van der Waals surface area contributed by atoms with Crippen LogP contribution in [0.2, 0.25) is 0 Å². The minimum atomic E-state index is -4.34. The summed E-state index contributed by atoms with van der Waals surface area (Å²) in [6.45, 7) is 8.14. The molecule has 1 heterocycles. The maximum atomic E-state index is 13.2. The van der Waals surface area contributed by atoms with Gasteiger partial charge >= 0.3 is 6.18 Å². The number of rotatable bonds is 9. The van der Waals surface area contributed by atoms with Crippen LogP contribution in [0.15, 0.2) is 48.5 Å². The molecule has 3 aromatic rings. The van der Waals surface area contributed by atoms with Crippen molar-refractivity contribution in [1.29, 1.82) is 0 Å². The average molecular weight is 419 g/mol. The first-order valence-electron chi connectivity index (χ1n) is 10.4. The molecule has 0 aliphatic carbocycles. The molecule has 0 bridgehead atoms. The molecule has 3 rings (SSSR count). The van der Waals surface area contributed by atoms with E-state index in [4.69, 9.17) is 4.98 Å². The lowest BCUT2D eigenvalue weighted by Crippen LogP contribution is -2.31. The lowest BCUT2D eigenvalue weighted by molar-refractivity contribution is -0.156. The number of nitrogens with one attached hydrogen (secondary N) is 1. The van der Waals surface area contributed by atoms with Gasteiger partial charge in [0.15, 0.2) is 0 Å². The SMILES string of the molecule is CCN(CC)CCCn1c(-c2ccc(C(NC)C(F)(F)F)cc2)nc2ccccc21. The van der Waals surface area contributed by atoms with Gasteiger partial charge in [-0.3, -0.25) is 0 Å². The molecule has 1 N–H and O–H groups in total.